The minimum absolute atomic E-state index is 0.182. The number of allylic oxidation sites excluding steroid dienone is 2. The molecule has 29 heavy (non-hydrogen) atoms. The predicted molar refractivity (Wildman–Crippen MR) is 117 cm³/mol. The number of benzene rings is 1. The summed E-state index contributed by atoms with van der Waals surface area (Å²) in [6.07, 6.45) is 3.83. The second-order valence-corrected chi connectivity index (χ2v) is 9.41. The van der Waals surface area contributed by atoms with E-state index in [0.29, 0.717) is 12.8 Å². The average Bonchev–Trinajstić information content (AvgIpc) is 2.52. The molecular formula is C24H37NO4. The van der Waals surface area contributed by atoms with Gasteiger partial charge in [-0.25, -0.2) is 14.5 Å². The molecule has 2 atom stereocenters. The monoisotopic (exact) mass is 403 g/mol. The number of hydrogen-bond donors (Lipinski definition) is 0. The second-order valence-electron chi connectivity index (χ2n) is 9.41. The Morgan fingerprint density at radius 1 is 0.966 bits per heavy atom. The number of rotatable bonds is 6. The van der Waals surface area contributed by atoms with E-state index in [9.17, 15) is 9.59 Å². The largest absolute Gasteiger partial charge is 0.443 e. The standard InChI is InChI=1S/C24H37NO4/c1-9-13-18(2)16-20(17-19-14-11-10-12-15-19)25(21(26)28-23(3,4)5)22(27)29-24(6,7)8/h9-15,18,20H,16-17H2,1-8H3/b13-9+/t18?,20-/m1/s1. The first-order valence-electron chi connectivity index (χ1n) is 10.2. The quantitative estimate of drug-likeness (QED) is 0.518. The van der Waals surface area contributed by atoms with Crippen molar-refractivity contribution in [2.45, 2.75) is 85.5 Å². The maximum Gasteiger partial charge on any atom is 0.420 e. The Hall–Kier alpha value is -2.30. The Balaban J connectivity index is 3.30. The van der Waals surface area contributed by atoms with Crippen molar-refractivity contribution in [1.82, 2.24) is 4.90 Å². The molecule has 0 N–H and O–H groups in total. The van der Waals surface area contributed by atoms with E-state index >= 15 is 0 Å². The Morgan fingerprint density at radius 3 is 1.86 bits per heavy atom. The highest BCUT2D eigenvalue weighted by atomic mass is 16.6. The van der Waals surface area contributed by atoms with E-state index in [2.05, 4.69) is 13.0 Å². The molecule has 0 bridgehead atoms. The molecule has 0 saturated heterocycles. The number of nitrogens with zero attached hydrogens (tertiary/aromatic N) is 1. The molecule has 162 valence electrons. The second kappa shape index (κ2) is 10.5. The third-order valence-electron chi connectivity index (χ3n) is 4.02. The van der Waals surface area contributed by atoms with Gasteiger partial charge in [-0.05, 0) is 72.8 Å². The third kappa shape index (κ3) is 9.64. The zero-order chi connectivity index (χ0) is 22.2. The molecule has 1 aromatic carbocycles. The highest BCUT2D eigenvalue weighted by Crippen LogP contribution is 2.23. The summed E-state index contributed by atoms with van der Waals surface area (Å²) >= 11 is 0. The summed E-state index contributed by atoms with van der Waals surface area (Å²) in [7, 11) is 0. The van der Waals surface area contributed by atoms with E-state index < -0.39 is 29.4 Å². The fraction of sp³-hybridized carbons (Fsp3) is 0.583. The predicted octanol–water partition coefficient (Wildman–Crippen LogP) is 6.37. The van der Waals surface area contributed by atoms with Gasteiger partial charge in [-0.15, -0.1) is 0 Å². The Labute approximate surface area is 176 Å². The molecule has 0 aromatic heterocycles. The summed E-state index contributed by atoms with van der Waals surface area (Å²) in [5.74, 6) is 0.182. The molecular weight excluding hydrogens is 366 g/mol. The van der Waals surface area contributed by atoms with E-state index in [1.54, 1.807) is 41.5 Å². The summed E-state index contributed by atoms with van der Waals surface area (Å²) in [6, 6.07) is 9.44. The van der Waals surface area contributed by atoms with E-state index in [1.807, 2.05) is 43.3 Å². The van der Waals surface area contributed by atoms with Crippen molar-refractivity contribution in [1.29, 1.82) is 0 Å². The van der Waals surface area contributed by atoms with E-state index in [4.69, 9.17) is 9.47 Å². The molecule has 0 radical (unpaired) electrons. The maximum absolute atomic E-state index is 13.0. The van der Waals surface area contributed by atoms with Gasteiger partial charge in [0.25, 0.3) is 0 Å². The molecule has 1 aromatic rings. The van der Waals surface area contributed by atoms with Crippen LogP contribution in [0.15, 0.2) is 42.5 Å². The third-order valence-corrected chi connectivity index (χ3v) is 4.02. The molecule has 0 aliphatic heterocycles. The normalized spacial score (nSPS) is 14.3. The number of carbonyl (C=O) groups is 2. The molecule has 1 unspecified atom stereocenters. The van der Waals surface area contributed by atoms with Crippen LogP contribution in [0.2, 0.25) is 0 Å². The first-order chi connectivity index (χ1) is 13.3. The van der Waals surface area contributed by atoms with Gasteiger partial charge in [0, 0.05) is 0 Å². The van der Waals surface area contributed by atoms with Gasteiger partial charge in [-0.3, -0.25) is 0 Å². The van der Waals surface area contributed by atoms with Crippen LogP contribution in [-0.2, 0) is 15.9 Å². The molecule has 2 amide bonds. The van der Waals surface area contributed by atoms with Gasteiger partial charge >= 0.3 is 12.2 Å². The lowest BCUT2D eigenvalue weighted by molar-refractivity contribution is -0.00873. The van der Waals surface area contributed by atoms with Crippen LogP contribution in [-0.4, -0.2) is 34.3 Å². The topological polar surface area (TPSA) is 55.8 Å². The van der Waals surface area contributed by atoms with Crippen molar-refractivity contribution in [3.05, 3.63) is 48.0 Å². The Kier molecular flexibility index (Phi) is 8.93. The lowest BCUT2D eigenvalue weighted by atomic mass is 9.95. The van der Waals surface area contributed by atoms with Crippen LogP contribution in [0.3, 0.4) is 0 Å². The minimum Gasteiger partial charge on any atom is -0.443 e. The zero-order valence-corrected chi connectivity index (χ0v) is 19.2. The van der Waals surface area contributed by atoms with Gasteiger partial charge in [0.2, 0.25) is 0 Å². The SMILES string of the molecule is C/C=C/C(C)C[C@H](Cc1ccccc1)N(C(=O)OC(C)(C)C)C(=O)OC(C)(C)C. The first kappa shape index (κ1) is 24.7. The van der Waals surface area contributed by atoms with Crippen LogP contribution in [0.4, 0.5) is 9.59 Å². The van der Waals surface area contributed by atoms with Gasteiger partial charge in [0.15, 0.2) is 0 Å². The van der Waals surface area contributed by atoms with Crippen molar-refractivity contribution in [2.24, 2.45) is 5.92 Å². The Bertz CT molecular complexity index is 655. The summed E-state index contributed by atoms with van der Waals surface area (Å²) in [5, 5.41) is 0. The van der Waals surface area contributed by atoms with Crippen LogP contribution in [0, 0.1) is 5.92 Å². The summed E-state index contributed by atoms with van der Waals surface area (Å²) < 4.78 is 11.1. The van der Waals surface area contributed by atoms with Crippen LogP contribution < -0.4 is 0 Å². The van der Waals surface area contributed by atoms with Gasteiger partial charge < -0.3 is 9.47 Å². The highest BCUT2D eigenvalue weighted by Gasteiger charge is 2.37. The van der Waals surface area contributed by atoms with Crippen LogP contribution in [0.5, 0.6) is 0 Å². The van der Waals surface area contributed by atoms with Crippen molar-refractivity contribution < 1.29 is 19.1 Å². The molecule has 0 aliphatic carbocycles. The lowest BCUT2D eigenvalue weighted by Gasteiger charge is -2.34. The van der Waals surface area contributed by atoms with Crippen molar-refractivity contribution in [3.8, 4) is 0 Å². The van der Waals surface area contributed by atoms with E-state index in [1.165, 1.54) is 0 Å². The smallest absolute Gasteiger partial charge is 0.420 e. The molecule has 0 heterocycles. The fourth-order valence-electron chi connectivity index (χ4n) is 3.00. The number of imide groups is 1. The van der Waals surface area contributed by atoms with Crippen LogP contribution in [0.1, 0.15) is 67.4 Å². The summed E-state index contributed by atoms with van der Waals surface area (Å²) in [5.41, 5.74) is -0.394. The summed E-state index contributed by atoms with van der Waals surface area (Å²) in [4.78, 5) is 27.2. The number of amides is 2. The van der Waals surface area contributed by atoms with Gasteiger partial charge in [-0.1, -0.05) is 49.4 Å². The molecule has 1 rings (SSSR count). The number of hydrogen-bond acceptors (Lipinski definition) is 4. The molecule has 0 aliphatic rings. The van der Waals surface area contributed by atoms with Gasteiger partial charge in [0.1, 0.15) is 11.2 Å². The molecule has 5 nitrogen and oxygen atoms in total. The lowest BCUT2D eigenvalue weighted by Crippen LogP contribution is -2.50. The molecule has 0 spiro atoms. The van der Waals surface area contributed by atoms with E-state index in [0.717, 1.165) is 10.5 Å². The number of carbonyl (C=O) groups excluding carboxylic acids is 2. The maximum atomic E-state index is 13.0. The van der Waals surface area contributed by atoms with Crippen LogP contribution in [0.25, 0.3) is 0 Å². The Morgan fingerprint density at radius 2 is 1.45 bits per heavy atom. The van der Waals surface area contributed by atoms with Crippen LogP contribution >= 0.6 is 0 Å². The van der Waals surface area contributed by atoms with E-state index in [-0.39, 0.29) is 5.92 Å². The highest BCUT2D eigenvalue weighted by molar-refractivity contribution is 5.88. The minimum atomic E-state index is -0.719. The van der Waals surface area contributed by atoms with Gasteiger partial charge in [0.05, 0.1) is 6.04 Å². The van der Waals surface area contributed by atoms with Crippen molar-refractivity contribution in [2.75, 3.05) is 0 Å². The first-order valence-corrected chi connectivity index (χ1v) is 10.2. The molecule has 0 saturated carbocycles. The summed E-state index contributed by atoms with van der Waals surface area (Å²) in [6.45, 7) is 14.7. The molecule has 0 fully saturated rings. The zero-order valence-electron chi connectivity index (χ0n) is 19.2. The number of ether oxygens (including phenoxy) is 2. The molecule has 5 heteroatoms. The van der Waals surface area contributed by atoms with Crippen molar-refractivity contribution >= 4 is 12.2 Å². The van der Waals surface area contributed by atoms with Gasteiger partial charge in [-0.2, -0.15) is 0 Å². The fourth-order valence-corrected chi connectivity index (χ4v) is 3.00. The average molecular weight is 404 g/mol. The van der Waals surface area contributed by atoms with Crippen molar-refractivity contribution in [3.63, 3.8) is 0 Å².